The van der Waals surface area contributed by atoms with Gasteiger partial charge in [-0.25, -0.2) is 0 Å². The number of ether oxygens (including phenoxy) is 1. The number of aryl methyl sites for hydroxylation is 1. The van der Waals surface area contributed by atoms with Gasteiger partial charge in [0.1, 0.15) is 11.4 Å². The summed E-state index contributed by atoms with van der Waals surface area (Å²) in [6, 6.07) is 1.91. The van der Waals surface area contributed by atoms with Crippen LogP contribution in [0.5, 0.6) is 5.75 Å². The molecule has 0 N–H and O–H groups in total. The Morgan fingerprint density at radius 3 is 2.50 bits per heavy atom. The van der Waals surface area contributed by atoms with Gasteiger partial charge in [0.2, 0.25) is 0 Å². The second-order valence-electron chi connectivity index (χ2n) is 3.09. The predicted molar refractivity (Wildman–Crippen MR) is 47.4 cm³/mol. The first-order chi connectivity index (χ1) is 5.65. The van der Waals surface area contributed by atoms with Gasteiger partial charge < -0.3 is 4.74 Å². The molecule has 0 aromatic carbocycles. The Balaban J connectivity index is 3.11. The van der Waals surface area contributed by atoms with Crippen LogP contribution in [0.25, 0.3) is 0 Å². The molecule has 0 radical (unpaired) electrons. The van der Waals surface area contributed by atoms with Crippen molar-refractivity contribution < 1.29 is 4.74 Å². The third-order valence-electron chi connectivity index (χ3n) is 1.67. The van der Waals surface area contributed by atoms with Crippen LogP contribution in [0.3, 0.4) is 0 Å². The van der Waals surface area contributed by atoms with E-state index in [0.29, 0.717) is 5.92 Å². The minimum Gasteiger partial charge on any atom is -0.495 e. The van der Waals surface area contributed by atoms with Gasteiger partial charge in [0.25, 0.3) is 0 Å². The normalized spacial score (nSPS) is 10.4. The van der Waals surface area contributed by atoms with E-state index in [2.05, 4.69) is 24.0 Å². The van der Waals surface area contributed by atoms with Crippen molar-refractivity contribution in [2.75, 3.05) is 7.11 Å². The molecule has 1 heterocycles. The van der Waals surface area contributed by atoms with Crippen molar-refractivity contribution in [1.82, 2.24) is 10.2 Å². The monoisotopic (exact) mass is 166 g/mol. The number of hydrogen-bond acceptors (Lipinski definition) is 3. The molecular weight excluding hydrogens is 152 g/mol. The highest BCUT2D eigenvalue weighted by Gasteiger charge is 2.09. The molecule has 1 rings (SSSR count). The van der Waals surface area contributed by atoms with E-state index in [9.17, 15) is 0 Å². The van der Waals surface area contributed by atoms with Crippen molar-refractivity contribution in [2.45, 2.75) is 26.7 Å². The first-order valence-electron chi connectivity index (χ1n) is 4.03. The van der Waals surface area contributed by atoms with Crippen LogP contribution in [0.4, 0.5) is 0 Å². The molecule has 0 saturated heterocycles. The average molecular weight is 166 g/mol. The molecule has 1 aromatic heterocycles. The SMILES string of the molecule is COc1cc(C)nnc1C(C)C. The van der Waals surface area contributed by atoms with Gasteiger partial charge in [-0.15, -0.1) is 0 Å². The predicted octanol–water partition coefficient (Wildman–Crippen LogP) is 1.92. The Hall–Kier alpha value is -1.12. The third-order valence-corrected chi connectivity index (χ3v) is 1.67. The van der Waals surface area contributed by atoms with Crippen LogP contribution in [-0.4, -0.2) is 17.3 Å². The molecule has 0 amide bonds. The van der Waals surface area contributed by atoms with Gasteiger partial charge in [-0.2, -0.15) is 10.2 Å². The standard InChI is InChI=1S/C9H14N2O/c1-6(2)9-8(12-4)5-7(3)10-11-9/h5-6H,1-4H3. The first-order valence-corrected chi connectivity index (χ1v) is 4.03. The maximum Gasteiger partial charge on any atom is 0.144 e. The molecular formula is C9H14N2O. The van der Waals surface area contributed by atoms with E-state index in [0.717, 1.165) is 17.1 Å². The summed E-state index contributed by atoms with van der Waals surface area (Å²) >= 11 is 0. The summed E-state index contributed by atoms with van der Waals surface area (Å²) in [5.74, 6) is 1.19. The van der Waals surface area contributed by atoms with E-state index in [1.165, 1.54) is 0 Å². The Bertz CT molecular complexity index is 271. The van der Waals surface area contributed by atoms with Crippen molar-refractivity contribution in [3.8, 4) is 5.75 Å². The van der Waals surface area contributed by atoms with Gasteiger partial charge in [0.15, 0.2) is 0 Å². The fraction of sp³-hybridized carbons (Fsp3) is 0.556. The molecule has 12 heavy (non-hydrogen) atoms. The molecule has 66 valence electrons. The Morgan fingerprint density at radius 1 is 1.33 bits per heavy atom. The van der Waals surface area contributed by atoms with E-state index < -0.39 is 0 Å². The second kappa shape index (κ2) is 3.52. The van der Waals surface area contributed by atoms with E-state index in [-0.39, 0.29) is 0 Å². The van der Waals surface area contributed by atoms with Crippen molar-refractivity contribution in [2.24, 2.45) is 0 Å². The van der Waals surface area contributed by atoms with E-state index in [4.69, 9.17) is 4.74 Å². The molecule has 0 unspecified atom stereocenters. The lowest BCUT2D eigenvalue weighted by atomic mass is 10.1. The number of aromatic nitrogens is 2. The van der Waals surface area contributed by atoms with Crippen LogP contribution in [-0.2, 0) is 0 Å². The highest BCUT2D eigenvalue weighted by molar-refractivity contribution is 5.29. The van der Waals surface area contributed by atoms with E-state index in [1.807, 2.05) is 13.0 Å². The summed E-state index contributed by atoms with van der Waals surface area (Å²) in [5, 5.41) is 8.05. The number of nitrogens with zero attached hydrogens (tertiary/aromatic N) is 2. The van der Waals surface area contributed by atoms with Crippen molar-refractivity contribution in [1.29, 1.82) is 0 Å². The van der Waals surface area contributed by atoms with Crippen LogP contribution in [0, 0.1) is 6.92 Å². The van der Waals surface area contributed by atoms with E-state index in [1.54, 1.807) is 7.11 Å². The molecule has 1 aromatic rings. The van der Waals surface area contributed by atoms with Crippen molar-refractivity contribution >= 4 is 0 Å². The van der Waals surface area contributed by atoms with Gasteiger partial charge in [-0.1, -0.05) is 13.8 Å². The van der Waals surface area contributed by atoms with Crippen LogP contribution >= 0.6 is 0 Å². The van der Waals surface area contributed by atoms with Crippen molar-refractivity contribution in [3.63, 3.8) is 0 Å². The third kappa shape index (κ3) is 1.72. The van der Waals surface area contributed by atoms with Gasteiger partial charge in [-0.3, -0.25) is 0 Å². The topological polar surface area (TPSA) is 35.0 Å². The molecule has 0 spiro atoms. The lowest BCUT2D eigenvalue weighted by Gasteiger charge is -2.09. The highest BCUT2D eigenvalue weighted by atomic mass is 16.5. The Labute approximate surface area is 72.8 Å². The summed E-state index contributed by atoms with van der Waals surface area (Å²) in [4.78, 5) is 0. The highest BCUT2D eigenvalue weighted by Crippen LogP contribution is 2.22. The first kappa shape index (κ1) is 8.97. The molecule has 0 aliphatic rings. The minimum absolute atomic E-state index is 0.355. The molecule has 3 heteroatoms. The molecule has 0 fully saturated rings. The van der Waals surface area contributed by atoms with Crippen LogP contribution in [0.2, 0.25) is 0 Å². The summed E-state index contributed by atoms with van der Waals surface area (Å²) in [7, 11) is 1.66. The molecule has 0 saturated carbocycles. The molecule has 0 atom stereocenters. The van der Waals surface area contributed by atoms with Gasteiger partial charge in [0.05, 0.1) is 12.8 Å². The fourth-order valence-electron chi connectivity index (χ4n) is 1.04. The zero-order chi connectivity index (χ0) is 9.14. The lowest BCUT2D eigenvalue weighted by molar-refractivity contribution is 0.401. The summed E-state index contributed by atoms with van der Waals surface area (Å²) in [6.45, 7) is 6.04. The van der Waals surface area contributed by atoms with Crippen LogP contribution in [0.15, 0.2) is 6.07 Å². The maximum atomic E-state index is 5.18. The van der Waals surface area contributed by atoms with E-state index >= 15 is 0 Å². The van der Waals surface area contributed by atoms with Gasteiger partial charge in [-0.05, 0) is 6.92 Å². The fourth-order valence-corrected chi connectivity index (χ4v) is 1.04. The number of hydrogen-bond donors (Lipinski definition) is 0. The molecule has 0 aliphatic heterocycles. The Kier molecular flexibility index (Phi) is 2.63. The average Bonchev–Trinajstić information content (AvgIpc) is 2.03. The van der Waals surface area contributed by atoms with Crippen molar-refractivity contribution in [3.05, 3.63) is 17.5 Å². The number of methoxy groups -OCH3 is 1. The summed E-state index contributed by atoms with van der Waals surface area (Å²) in [5.41, 5.74) is 1.80. The van der Waals surface area contributed by atoms with Crippen LogP contribution in [0.1, 0.15) is 31.2 Å². The Morgan fingerprint density at radius 2 is 2.00 bits per heavy atom. The largest absolute Gasteiger partial charge is 0.495 e. The zero-order valence-electron chi connectivity index (χ0n) is 7.96. The quantitative estimate of drug-likeness (QED) is 0.673. The number of rotatable bonds is 2. The molecule has 3 nitrogen and oxygen atoms in total. The maximum absolute atomic E-state index is 5.18. The smallest absolute Gasteiger partial charge is 0.144 e. The second-order valence-corrected chi connectivity index (χ2v) is 3.09. The zero-order valence-corrected chi connectivity index (χ0v) is 7.96. The molecule has 0 bridgehead atoms. The lowest BCUT2D eigenvalue weighted by Crippen LogP contribution is -2.01. The van der Waals surface area contributed by atoms with Gasteiger partial charge in [0, 0.05) is 12.0 Å². The summed E-state index contributed by atoms with van der Waals surface area (Å²) in [6.07, 6.45) is 0. The van der Waals surface area contributed by atoms with Gasteiger partial charge >= 0.3 is 0 Å². The minimum atomic E-state index is 0.355. The summed E-state index contributed by atoms with van der Waals surface area (Å²) < 4.78 is 5.18. The molecule has 0 aliphatic carbocycles. The van der Waals surface area contributed by atoms with Crippen LogP contribution < -0.4 is 4.74 Å².